The van der Waals surface area contributed by atoms with Gasteiger partial charge in [-0.3, -0.25) is 4.79 Å². The molecule has 0 saturated heterocycles. The Morgan fingerprint density at radius 2 is 2.00 bits per heavy atom. The predicted octanol–water partition coefficient (Wildman–Crippen LogP) is 2.71. The Morgan fingerprint density at radius 1 is 1.23 bits per heavy atom. The standard InChI is InChI=1S/C20H29N5O/c1-24(18-11-6-3-7-12-18)14-8-13-21-20(26)19-16-25(23-22-19)15-17-9-4-2-5-10-17/h2,4-5,9-10,16,18H,3,6-8,11-15H2,1H3,(H,21,26). The van der Waals surface area contributed by atoms with E-state index in [9.17, 15) is 4.79 Å². The summed E-state index contributed by atoms with van der Waals surface area (Å²) in [5, 5.41) is 11.0. The summed E-state index contributed by atoms with van der Waals surface area (Å²) in [4.78, 5) is 14.7. The van der Waals surface area contributed by atoms with Crippen LogP contribution in [-0.2, 0) is 6.54 Å². The van der Waals surface area contributed by atoms with E-state index in [2.05, 4.69) is 27.6 Å². The fourth-order valence-corrected chi connectivity index (χ4v) is 3.58. The molecule has 0 atom stereocenters. The van der Waals surface area contributed by atoms with Crippen LogP contribution < -0.4 is 5.32 Å². The Hall–Kier alpha value is -2.21. The molecule has 1 aliphatic rings. The highest BCUT2D eigenvalue weighted by molar-refractivity contribution is 5.91. The minimum Gasteiger partial charge on any atom is -0.351 e. The fraction of sp³-hybridized carbons (Fsp3) is 0.550. The molecule has 0 spiro atoms. The van der Waals surface area contributed by atoms with Crippen molar-refractivity contribution in [2.24, 2.45) is 0 Å². The number of nitrogens with zero attached hydrogens (tertiary/aromatic N) is 4. The van der Waals surface area contributed by atoms with Crippen molar-refractivity contribution in [1.82, 2.24) is 25.2 Å². The number of nitrogens with one attached hydrogen (secondary N) is 1. The third-order valence-corrected chi connectivity index (χ3v) is 5.13. The van der Waals surface area contributed by atoms with Crippen molar-refractivity contribution in [3.05, 3.63) is 47.8 Å². The summed E-state index contributed by atoms with van der Waals surface area (Å²) >= 11 is 0. The van der Waals surface area contributed by atoms with Crippen LogP contribution in [0.3, 0.4) is 0 Å². The molecule has 1 N–H and O–H groups in total. The van der Waals surface area contributed by atoms with Crippen LogP contribution in [0.2, 0.25) is 0 Å². The van der Waals surface area contributed by atoms with Gasteiger partial charge in [0.1, 0.15) is 0 Å². The van der Waals surface area contributed by atoms with Crippen LogP contribution in [-0.4, -0.2) is 52.0 Å². The second-order valence-corrected chi connectivity index (χ2v) is 7.17. The van der Waals surface area contributed by atoms with Gasteiger partial charge >= 0.3 is 0 Å². The smallest absolute Gasteiger partial charge is 0.273 e. The predicted molar refractivity (Wildman–Crippen MR) is 102 cm³/mol. The first-order chi connectivity index (χ1) is 12.7. The molecule has 1 saturated carbocycles. The van der Waals surface area contributed by atoms with Crippen molar-refractivity contribution in [3.8, 4) is 0 Å². The van der Waals surface area contributed by atoms with E-state index in [4.69, 9.17) is 0 Å². The van der Waals surface area contributed by atoms with Crippen LogP contribution in [0.1, 0.15) is 54.6 Å². The SMILES string of the molecule is CN(CCCNC(=O)c1cn(Cc2ccccc2)nn1)C1CCCCC1. The lowest BCUT2D eigenvalue weighted by atomic mass is 9.94. The molecule has 6 nitrogen and oxygen atoms in total. The van der Waals surface area contributed by atoms with Gasteiger partial charge in [0.15, 0.2) is 5.69 Å². The van der Waals surface area contributed by atoms with Gasteiger partial charge in [0, 0.05) is 12.6 Å². The van der Waals surface area contributed by atoms with Crippen molar-refractivity contribution < 1.29 is 4.79 Å². The van der Waals surface area contributed by atoms with E-state index in [-0.39, 0.29) is 5.91 Å². The first-order valence-corrected chi connectivity index (χ1v) is 9.65. The number of benzene rings is 1. The van der Waals surface area contributed by atoms with E-state index in [0.29, 0.717) is 18.8 Å². The molecule has 6 heteroatoms. The van der Waals surface area contributed by atoms with Gasteiger partial charge in [-0.1, -0.05) is 54.8 Å². The Labute approximate surface area is 155 Å². The quantitative estimate of drug-likeness (QED) is 0.740. The molecule has 26 heavy (non-hydrogen) atoms. The molecule has 1 aromatic carbocycles. The van der Waals surface area contributed by atoms with Crippen LogP contribution in [0.15, 0.2) is 36.5 Å². The Bertz CT molecular complexity index is 679. The molecule has 2 aromatic rings. The first-order valence-electron chi connectivity index (χ1n) is 9.65. The first kappa shape index (κ1) is 18.6. The van der Waals surface area contributed by atoms with Gasteiger partial charge in [-0.2, -0.15) is 0 Å². The van der Waals surface area contributed by atoms with Crippen molar-refractivity contribution in [1.29, 1.82) is 0 Å². The van der Waals surface area contributed by atoms with Crippen LogP contribution >= 0.6 is 0 Å². The monoisotopic (exact) mass is 355 g/mol. The zero-order valence-electron chi connectivity index (χ0n) is 15.6. The molecular formula is C20H29N5O. The average molecular weight is 355 g/mol. The summed E-state index contributed by atoms with van der Waals surface area (Å²) in [6, 6.07) is 10.7. The number of aromatic nitrogens is 3. The van der Waals surface area contributed by atoms with Crippen LogP contribution in [0.25, 0.3) is 0 Å². The highest BCUT2D eigenvalue weighted by Gasteiger charge is 2.17. The minimum absolute atomic E-state index is 0.148. The van der Waals surface area contributed by atoms with Gasteiger partial charge in [0.05, 0.1) is 12.7 Å². The molecule has 0 unspecified atom stereocenters. The van der Waals surface area contributed by atoms with Gasteiger partial charge in [-0.25, -0.2) is 4.68 Å². The van der Waals surface area contributed by atoms with Gasteiger partial charge in [-0.05, 0) is 38.4 Å². The van der Waals surface area contributed by atoms with E-state index in [1.807, 2.05) is 30.3 Å². The lowest BCUT2D eigenvalue weighted by Crippen LogP contribution is -2.35. The number of carbonyl (C=O) groups excluding carboxylic acids is 1. The topological polar surface area (TPSA) is 63.1 Å². The van der Waals surface area contributed by atoms with E-state index < -0.39 is 0 Å². The average Bonchev–Trinajstić information content (AvgIpc) is 3.15. The van der Waals surface area contributed by atoms with Gasteiger partial charge in [-0.15, -0.1) is 5.10 Å². The Kier molecular flexibility index (Phi) is 6.77. The third-order valence-electron chi connectivity index (χ3n) is 5.13. The van der Waals surface area contributed by atoms with Gasteiger partial charge in [0.2, 0.25) is 0 Å². The molecular weight excluding hydrogens is 326 g/mol. The van der Waals surface area contributed by atoms with Crippen LogP contribution in [0.5, 0.6) is 0 Å². The van der Waals surface area contributed by atoms with E-state index in [1.165, 1.54) is 32.1 Å². The second kappa shape index (κ2) is 9.48. The zero-order valence-corrected chi connectivity index (χ0v) is 15.6. The van der Waals surface area contributed by atoms with Crippen molar-refractivity contribution in [2.45, 2.75) is 51.1 Å². The summed E-state index contributed by atoms with van der Waals surface area (Å²) in [5.41, 5.74) is 1.51. The van der Waals surface area contributed by atoms with Gasteiger partial charge < -0.3 is 10.2 Å². The lowest BCUT2D eigenvalue weighted by molar-refractivity contribution is 0.0945. The molecule has 1 fully saturated rings. The molecule has 1 heterocycles. The maximum atomic E-state index is 12.2. The molecule has 0 bridgehead atoms. The van der Waals surface area contributed by atoms with Crippen molar-refractivity contribution in [2.75, 3.05) is 20.1 Å². The Balaban J connectivity index is 1.38. The number of carbonyl (C=O) groups is 1. The molecule has 0 aliphatic heterocycles. The highest BCUT2D eigenvalue weighted by atomic mass is 16.2. The molecule has 1 aliphatic carbocycles. The number of rotatable bonds is 8. The van der Waals surface area contributed by atoms with Crippen molar-refractivity contribution in [3.63, 3.8) is 0 Å². The number of hydrogen-bond donors (Lipinski definition) is 1. The minimum atomic E-state index is -0.148. The molecule has 0 radical (unpaired) electrons. The van der Waals surface area contributed by atoms with Crippen LogP contribution in [0, 0.1) is 0 Å². The second-order valence-electron chi connectivity index (χ2n) is 7.17. The fourth-order valence-electron chi connectivity index (χ4n) is 3.58. The Morgan fingerprint density at radius 3 is 2.77 bits per heavy atom. The maximum absolute atomic E-state index is 12.2. The summed E-state index contributed by atoms with van der Waals surface area (Å²) < 4.78 is 1.70. The highest BCUT2D eigenvalue weighted by Crippen LogP contribution is 2.21. The largest absolute Gasteiger partial charge is 0.351 e. The number of amides is 1. The zero-order chi connectivity index (χ0) is 18.2. The summed E-state index contributed by atoms with van der Waals surface area (Å²) in [6.07, 6.45) is 9.37. The van der Waals surface area contributed by atoms with E-state index in [1.54, 1.807) is 10.9 Å². The van der Waals surface area contributed by atoms with Crippen molar-refractivity contribution >= 4 is 5.91 Å². The summed E-state index contributed by atoms with van der Waals surface area (Å²) in [5.74, 6) is -0.148. The van der Waals surface area contributed by atoms with E-state index >= 15 is 0 Å². The lowest BCUT2D eigenvalue weighted by Gasteiger charge is -2.31. The van der Waals surface area contributed by atoms with Gasteiger partial charge in [0.25, 0.3) is 5.91 Å². The maximum Gasteiger partial charge on any atom is 0.273 e. The summed E-state index contributed by atoms with van der Waals surface area (Å²) in [7, 11) is 2.20. The van der Waals surface area contributed by atoms with Crippen LogP contribution in [0.4, 0.5) is 0 Å². The summed E-state index contributed by atoms with van der Waals surface area (Å²) in [6.45, 7) is 2.31. The number of hydrogen-bond acceptors (Lipinski definition) is 4. The molecule has 1 amide bonds. The molecule has 1 aromatic heterocycles. The normalized spacial score (nSPS) is 15.3. The van der Waals surface area contributed by atoms with E-state index in [0.717, 1.165) is 24.6 Å². The molecule has 140 valence electrons. The third kappa shape index (κ3) is 5.39. The molecule has 3 rings (SSSR count).